The number of alkyl halides is 1. The Labute approximate surface area is 94.4 Å². The second kappa shape index (κ2) is 5.61. The van der Waals surface area contributed by atoms with E-state index in [2.05, 4.69) is 5.32 Å². The predicted octanol–water partition coefficient (Wildman–Crippen LogP) is 2.11. The Morgan fingerprint density at radius 2 is 2.20 bits per heavy atom. The molecule has 15 heavy (non-hydrogen) atoms. The average Bonchev–Trinajstić information content (AvgIpc) is 2.28. The highest BCUT2D eigenvalue weighted by molar-refractivity contribution is 6.27. The second-order valence-electron chi connectivity index (χ2n) is 3.16. The molecule has 0 saturated carbocycles. The Morgan fingerprint density at radius 1 is 1.53 bits per heavy atom. The quantitative estimate of drug-likeness (QED) is 0.801. The normalized spacial score (nSPS) is 11.9. The SMILES string of the molecule is COc1ccccc1[C@@H](C)NC(=O)CCl. The predicted molar refractivity (Wildman–Crippen MR) is 60.3 cm³/mol. The first-order valence-electron chi connectivity index (χ1n) is 4.67. The molecule has 3 nitrogen and oxygen atoms in total. The summed E-state index contributed by atoms with van der Waals surface area (Å²) in [5.41, 5.74) is 0.943. The topological polar surface area (TPSA) is 38.3 Å². The number of hydrogen-bond donors (Lipinski definition) is 1. The molecule has 0 radical (unpaired) electrons. The Hall–Kier alpha value is -1.22. The van der Waals surface area contributed by atoms with Crippen molar-refractivity contribution in [2.24, 2.45) is 0 Å². The molecule has 0 bridgehead atoms. The average molecular weight is 228 g/mol. The van der Waals surface area contributed by atoms with Crippen LogP contribution in [0.4, 0.5) is 0 Å². The van der Waals surface area contributed by atoms with Crippen molar-refractivity contribution in [2.45, 2.75) is 13.0 Å². The molecule has 1 rings (SSSR count). The number of methoxy groups -OCH3 is 1. The van der Waals surface area contributed by atoms with E-state index < -0.39 is 0 Å². The zero-order valence-electron chi connectivity index (χ0n) is 8.79. The molecule has 82 valence electrons. The standard InChI is InChI=1S/C11H14ClNO2/c1-8(13-11(14)7-12)9-5-3-4-6-10(9)15-2/h3-6,8H,7H2,1-2H3,(H,13,14)/t8-/m1/s1. The van der Waals surface area contributed by atoms with Gasteiger partial charge in [-0.3, -0.25) is 4.79 Å². The number of carbonyl (C=O) groups is 1. The van der Waals surface area contributed by atoms with Crippen LogP contribution in [-0.4, -0.2) is 18.9 Å². The summed E-state index contributed by atoms with van der Waals surface area (Å²) < 4.78 is 5.20. The Bertz CT molecular complexity index is 341. The van der Waals surface area contributed by atoms with Gasteiger partial charge in [0, 0.05) is 5.56 Å². The minimum absolute atomic E-state index is 0.0283. The number of rotatable bonds is 4. The zero-order chi connectivity index (χ0) is 11.3. The van der Waals surface area contributed by atoms with Crippen molar-refractivity contribution in [3.8, 4) is 5.75 Å². The fourth-order valence-corrected chi connectivity index (χ4v) is 1.46. The van der Waals surface area contributed by atoms with Gasteiger partial charge in [0.05, 0.1) is 13.2 Å². The third-order valence-electron chi connectivity index (χ3n) is 2.10. The third kappa shape index (κ3) is 3.13. The number of hydrogen-bond acceptors (Lipinski definition) is 2. The van der Waals surface area contributed by atoms with Crippen LogP contribution in [0.2, 0.25) is 0 Å². The Kier molecular flexibility index (Phi) is 4.43. The molecule has 4 heteroatoms. The van der Waals surface area contributed by atoms with E-state index in [4.69, 9.17) is 16.3 Å². The van der Waals surface area contributed by atoms with Gasteiger partial charge in [0.15, 0.2) is 0 Å². The molecule has 0 unspecified atom stereocenters. The lowest BCUT2D eigenvalue weighted by molar-refractivity contribution is -0.119. The van der Waals surface area contributed by atoms with Crippen LogP contribution in [0.5, 0.6) is 5.75 Å². The van der Waals surface area contributed by atoms with Gasteiger partial charge >= 0.3 is 0 Å². The molecule has 1 aromatic rings. The minimum atomic E-state index is -0.185. The van der Waals surface area contributed by atoms with Gasteiger partial charge in [-0.1, -0.05) is 18.2 Å². The van der Waals surface area contributed by atoms with E-state index in [-0.39, 0.29) is 17.8 Å². The Morgan fingerprint density at radius 3 is 2.80 bits per heavy atom. The van der Waals surface area contributed by atoms with E-state index in [9.17, 15) is 4.79 Å². The van der Waals surface area contributed by atoms with Crippen LogP contribution in [0.3, 0.4) is 0 Å². The van der Waals surface area contributed by atoms with Gasteiger partial charge in [-0.2, -0.15) is 0 Å². The number of carbonyl (C=O) groups excluding carboxylic acids is 1. The first-order valence-corrected chi connectivity index (χ1v) is 5.20. The first-order chi connectivity index (χ1) is 7.19. The number of halogens is 1. The smallest absolute Gasteiger partial charge is 0.235 e. The maximum atomic E-state index is 11.1. The molecule has 0 aliphatic rings. The van der Waals surface area contributed by atoms with Crippen molar-refractivity contribution in [1.29, 1.82) is 0 Å². The van der Waals surface area contributed by atoms with E-state index in [1.54, 1.807) is 7.11 Å². The fraction of sp³-hybridized carbons (Fsp3) is 0.364. The number of ether oxygens (including phenoxy) is 1. The van der Waals surface area contributed by atoms with Crippen molar-refractivity contribution < 1.29 is 9.53 Å². The second-order valence-corrected chi connectivity index (χ2v) is 3.43. The van der Waals surface area contributed by atoms with Crippen molar-refractivity contribution in [1.82, 2.24) is 5.32 Å². The maximum Gasteiger partial charge on any atom is 0.235 e. The highest BCUT2D eigenvalue weighted by Crippen LogP contribution is 2.24. The summed E-state index contributed by atoms with van der Waals surface area (Å²) in [6.07, 6.45) is 0. The molecule has 1 N–H and O–H groups in total. The highest BCUT2D eigenvalue weighted by Gasteiger charge is 2.12. The van der Waals surface area contributed by atoms with Gasteiger partial charge < -0.3 is 10.1 Å². The van der Waals surface area contributed by atoms with Crippen molar-refractivity contribution >= 4 is 17.5 Å². The zero-order valence-corrected chi connectivity index (χ0v) is 9.54. The van der Waals surface area contributed by atoms with Crippen LogP contribution in [0, 0.1) is 0 Å². The van der Waals surface area contributed by atoms with Crippen molar-refractivity contribution in [2.75, 3.05) is 13.0 Å². The van der Waals surface area contributed by atoms with E-state index in [0.717, 1.165) is 11.3 Å². The number of benzene rings is 1. The van der Waals surface area contributed by atoms with E-state index in [0.29, 0.717) is 0 Å². The number of amides is 1. The largest absolute Gasteiger partial charge is 0.496 e. The lowest BCUT2D eigenvalue weighted by Gasteiger charge is -2.16. The van der Waals surface area contributed by atoms with Crippen LogP contribution < -0.4 is 10.1 Å². The Balaban J connectivity index is 2.80. The van der Waals surface area contributed by atoms with Gasteiger partial charge in [0.2, 0.25) is 5.91 Å². The van der Waals surface area contributed by atoms with Gasteiger partial charge in [0.25, 0.3) is 0 Å². The van der Waals surface area contributed by atoms with Crippen LogP contribution in [0.25, 0.3) is 0 Å². The van der Waals surface area contributed by atoms with Gasteiger partial charge in [-0.25, -0.2) is 0 Å². The lowest BCUT2D eigenvalue weighted by atomic mass is 10.1. The molecule has 1 amide bonds. The van der Waals surface area contributed by atoms with Crippen LogP contribution >= 0.6 is 11.6 Å². The van der Waals surface area contributed by atoms with E-state index in [1.807, 2.05) is 31.2 Å². The van der Waals surface area contributed by atoms with Crippen LogP contribution in [0.1, 0.15) is 18.5 Å². The highest BCUT2D eigenvalue weighted by atomic mass is 35.5. The molecule has 0 heterocycles. The first kappa shape index (κ1) is 11.9. The molecule has 1 atom stereocenters. The monoisotopic (exact) mass is 227 g/mol. The molecule has 0 aliphatic carbocycles. The molecule has 0 aromatic heterocycles. The molecule has 0 fully saturated rings. The van der Waals surface area contributed by atoms with Crippen molar-refractivity contribution in [3.05, 3.63) is 29.8 Å². The summed E-state index contributed by atoms with van der Waals surface area (Å²) in [4.78, 5) is 11.1. The summed E-state index contributed by atoms with van der Waals surface area (Å²) >= 11 is 5.41. The summed E-state index contributed by atoms with van der Waals surface area (Å²) in [6.45, 7) is 1.89. The summed E-state index contributed by atoms with van der Waals surface area (Å²) in [7, 11) is 1.61. The summed E-state index contributed by atoms with van der Waals surface area (Å²) in [6, 6.07) is 7.46. The van der Waals surface area contributed by atoms with Gasteiger partial charge in [0.1, 0.15) is 11.6 Å². The lowest BCUT2D eigenvalue weighted by Crippen LogP contribution is -2.27. The molecular weight excluding hydrogens is 214 g/mol. The number of nitrogens with one attached hydrogen (secondary N) is 1. The molecule has 0 saturated heterocycles. The molecular formula is C11H14ClNO2. The van der Waals surface area contributed by atoms with Crippen LogP contribution in [-0.2, 0) is 4.79 Å². The minimum Gasteiger partial charge on any atom is -0.496 e. The fourth-order valence-electron chi connectivity index (χ4n) is 1.38. The number of para-hydroxylation sites is 1. The van der Waals surface area contributed by atoms with E-state index >= 15 is 0 Å². The van der Waals surface area contributed by atoms with Crippen LogP contribution in [0.15, 0.2) is 24.3 Å². The maximum absolute atomic E-state index is 11.1. The van der Waals surface area contributed by atoms with E-state index in [1.165, 1.54) is 0 Å². The molecule has 0 aliphatic heterocycles. The molecule has 0 spiro atoms. The van der Waals surface area contributed by atoms with Gasteiger partial charge in [-0.15, -0.1) is 11.6 Å². The molecule has 1 aromatic carbocycles. The summed E-state index contributed by atoms with van der Waals surface area (Å²) in [5, 5.41) is 2.77. The summed E-state index contributed by atoms with van der Waals surface area (Å²) in [5.74, 6) is 0.550. The third-order valence-corrected chi connectivity index (χ3v) is 2.35. The van der Waals surface area contributed by atoms with Crippen molar-refractivity contribution in [3.63, 3.8) is 0 Å². The van der Waals surface area contributed by atoms with Gasteiger partial charge in [-0.05, 0) is 13.0 Å².